The fourth-order valence-corrected chi connectivity index (χ4v) is 3.44. The molecular weight excluding hydrogens is 462 g/mol. The van der Waals surface area contributed by atoms with Gasteiger partial charge in [0.1, 0.15) is 0 Å². The Balaban J connectivity index is 1.89. The maximum atomic E-state index is 13.0. The Hall–Kier alpha value is -3.28. The highest BCUT2D eigenvalue weighted by Crippen LogP contribution is 2.36. The van der Waals surface area contributed by atoms with Crippen molar-refractivity contribution in [2.24, 2.45) is 0 Å². The van der Waals surface area contributed by atoms with Gasteiger partial charge in [-0.1, -0.05) is 12.1 Å². The highest BCUT2D eigenvalue weighted by atomic mass is 32.2. The first-order valence-corrected chi connectivity index (χ1v) is 9.50. The Kier molecular flexibility index (Phi) is 6.09. The molecule has 2 aromatic carbocycles. The maximum absolute atomic E-state index is 13.0. The molecule has 3 rings (SSSR count). The zero-order chi connectivity index (χ0) is 23.8. The minimum atomic E-state index is -5.07. The summed E-state index contributed by atoms with van der Waals surface area (Å²) in [5.41, 5.74) is -3.29. The average Bonchev–Trinajstić information content (AvgIpc) is 3.02. The molecule has 1 saturated heterocycles. The van der Waals surface area contributed by atoms with Gasteiger partial charge in [-0.15, -0.1) is 0 Å². The third kappa shape index (κ3) is 5.13. The van der Waals surface area contributed by atoms with E-state index in [2.05, 4.69) is 5.32 Å². The van der Waals surface area contributed by atoms with Crippen molar-refractivity contribution < 1.29 is 40.7 Å². The second kappa shape index (κ2) is 8.34. The van der Waals surface area contributed by atoms with E-state index in [9.17, 15) is 40.7 Å². The number of rotatable bonds is 3. The van der Waals surface area contributed by atoms with Gasteiger partial charge in [0.15, 0.2) is 0 Å². The van der Waals surface area contributed by atoms with Crippen LogP contribution in [0.25, 0.3) is 6.08 Å². The molecule has 0 bridgehead atoms. The summed E-state index contributed by atoms with van der Waals surface area (Å²) in [5, 5.41) is 1.56. The van der Waals surface area contributed by atoms with Crippen molar-refractivity contribution in [2.75, 3.05) is 11.9 Å². The maximum Gasteiger partial charge on any atom is 0.416 e. The highest BCUT2D eigenvalue weighted by molar-refractivity contribution is 8.18. The predicted molar refractivity (Wildman–Crippen MR) is 105 cm³/mol. The van der Waals surface area contributed by atoms with E-state index >= 15 is 0 Å². The molecule has 0 saturated carbocycles. The minimum Gasteiger partial charge on any atom is -0.311 e. The number of imide groups is 1. The number of nitrogens with one attached hydrogen (secondary N) is 1. The molecule has 0 radical (unpaired) electrons. The lowest BCUT2D eigenvalue weighted by molar-refractivity contribution is -0.143. The van der Waals surface area contributed by atoms with Gasteiger partial charge in [0.2, 0.25) is 0 Å². The molecule has 0 atom stereocenters. The number of hydrogen-bond donors (Lipinski definition) is 1. The summed E-state index contributed by atoms with van der Waals surface area (Å²) in [6, 6.07) is 6.39. The number of alkyl halides is 6. The standard InChI is InChI=1S/C20H12F6N2O3S/c1-28(14-4-2-10(3-5-14)6-15-16(29)27-18(31)32-15)17(30)11-7-12(19(21,22)23)9-13(8-11)20(24,25)26/h2-9H,1H3,(H,27,29,31)/b15-6-. The van der Waals surface area contributed by atoms with Crippen LogP contribution in [-0.2, 0) is 17.1 Å². The third-order valence-corrected chi connectivity index (χ3v) is 5.17. The number of amides is 3. The molecular formula is C20H12F6N2O3S. The first-order chi connectivity index (χ1) is 14.8. The van der Waals surface area contributed by atoms with E-state index in [1.165, 1.54) is 37.4 Å². The average molecular weight is 474 g/mol. The number of carbonyl (C=O) groups excluding carboxylic acids is 3. The van der Waals surface area contributed by atoms with Gasteiger partial charge >= 0.3 is 12.4 Å². The van der Waals surface area contributed by atoms with E-state index in [1.807, 2.05) is 0 Å². The van der Waals surface area contributed by atoms with Gasteiger partial charge in [-0.05, 0) is 53.7 Å². The van der Waals surface area contributed by atoms with Crippen LogP contribution in [0.5, 0.6) is 0 Å². The molecule has 1 aliphatic heterocycles. The van der Waals surface area contributed by atoms with Crippen molar-refractivity contribution >= 4 is 40.6 Å². The molecule has 1 N–H and O–H groups in total. The van der Waals surface area contributed by atoms with Crippen molar-refractivity contribution in [1.82, 2.24) is 5.32 Å². The lowest BCUT2D eigenvalue weighted by Crippen LogP contribution is -2.27. The number of carbonyl (C=O) groups is 3. The van der Waals surface area contributed by atoms with Crippen molar-refractivity contribution in [3.05, 3.63) is 69.6 Å². The van der Waals surface area contributed by atoms with Crippen molar-refractivity contribution in [1.29, 1.82) is 0 Å². The van der Waals surface area contributed by atoms with Crippen LogP contribution in [0, 0.1) is 0 Å². The Morgan fingerprint density at radius 3 is 1.91 bits per heavy atom. The molecule has 0 unspecified atom stereocenters. The monoisotopic (exact) mass is 474 g/mol. The van der Waals surface area contributed by atoms with Crippen LogP contribution in [0.3, 0.4) is 0 Å². The summed E-state index contributed by atoms with van der Waals surface area (Å²) in [4.78, 5) is 36.4. The molecule has 0 spiro atoms. The summed E-state index contributed by atoms with van der Waals surface area (Å²) in [6.45, 7) is 0. The SMILES string of the molecule is CN(C(=O)c1cc(C(F)(F)F)cc(C(F)(F)F)c1)c1ccc(/C=C2\SC(=O)NC2=O)cc1. The Labute approximate surface area is 181 Å². The Morgan fingerprint density at radius 1 is 0.938 bits per heavy atom. The van der Waals surface area contributed by atoms with Gasteiger partial charge in [-0.3, -0.25) is 19.7 Å². The Bertz CT molecular complexity index is 1090. The predicted octanol–water partition coefficient (Wildman–Crippen LogP) is 5.32. The van der Waals surface area contributed by atoms with Gasteiger partial charge in [0.25, 0.3) is 17.1 Å². The molecule has 168 valence electrons. The molecule has 0 aliphatic carbocycles. The third-order valence-electron chi connectivity index (χ3n) is 4.36. The fourth-order valence-electron chi connectivity index (χ4n) is 2.76. The lowest BCUT2D eigenvalue weighted by atomic mass is 10.0. The number of benzene rings is 2. The molecule has 32 heavy (non-hydrogen) atoms. The van der Waals surface area contributed by atoms with E-state index in [0.717, 1.165) is 4.90 Å². The molecule has 2 aromatic rings. The Morgan fingerprint density at radius 2 is 1.47 bits per heavy atom. The number of halogens is 6. The smallest absolute Gasteiger partial charge is 0.311 e. The van der Waals surface area contributed by atoms with Gasteiger partial charge in [-0.25, -0.2) is 0 Å². The largest absolute Gasteiger partial charge is 0.416 e. The van der Waals surface area contributed by atoms with E-state index < -0.39 is 46.1 Å². The zero-order valence-corrected chi connectivity index (χ0v) is 16.8. The second-order valence-electron chi connectivity index (χ2n) is 6.60. The summed E-state index contributed by atoms with van der Waals surface area (Å²) in [5.74, 6) is -1.65. The number of nitrogens with zero attached hydrogens (tertiary/aromatic N) is 1. The van der Waals surface area contributed by atoms with Crippen LogP contribution < -0.4 is 10.2 Å². The van der Waals surface area contributed by atoms with Crippen LogP contribution in [-0.4, -0.2) is 24.1 Å². The second-order valence-corrected chi connectivity index (χ2v) is 7.62. The molecule has 0 aromatic heterocycles. The van der Waals surface area contributed by atoms with Gasteiger partial charge in [-0.2, -0.15) is 26.3 Å². The number of thioether (sulfide) groups is 1. The first kappa shape index (κ1) is 23.4. The lowest BCUT2D eigenvalue weighted by Gasteiger charge is -2.20. The molecule has 1 fully saturated rings. The molecule has 1 aliphatic rings. The van der Waals surface area contributed by atoms with Crippen LogP contribution in [0.15, 0.2) is 47.4 Å². The van der Waals surface area contributed by atoms with Crippen LogP contribution in [0.1, 0.15) is 27.0 Å². The summed E-state index contributed by atoms with van der Waals surface area (Å²) < 4.78 is 78.2. The zero-order valence-electron chi connectivity index (χ0n) is 16.0. The van der Waals surface area contributed by atoms with E-state index in [1.54, 1.807) is 0 Å². The number of anilines is 1. The quantitative estimate of drug-likeness (QED) is 0.483. The molecule has 5 nitrogen and oxygen atoms in total. The van der Waals surface area contributed by atoms with Gasteiger partial charge < -0.3 is 4.90 Å². The minimum absolute atomic E-state index is 0.0546. The topological polar surface area (TPSA) is 66.5 Å². The highest BCUT2D eigenvalue weighted by Gasteiger charge is 2.37. The fraction of sp³-hybridized carbons (Fsp3) is 0.150. The van der Waals surface area contributed by atoms with Crippen molar-refractivity contribution in [2.45, 2.75) is 12.4 Å². The van der Waals surface area contributed by atoms with Gasteiger partial charge in [0, 0.05) is 18.3 Å². The summed E-state index contributed by atoms with van der Waals surface area (Å²) in [6.07, 6.45) is -8.73. The van der Waals surface area contributed by atoms with Crippen molar-refractivity contribution in [3.8, 4) is 0 Å². The van der Waals surface area contributed by atoms with Crippen molar-refractivity contribution in [3.63, 3.8) is 0 Å². The van der Waals surface area contributed by atoms with Crippen LogP contribution in [0.2, 0.25) is 0 Å². The summed E-state index contributed by atoms with van der Waals surface area (Å²) in [7, 11) is 1.20. The summed E-state index contributed by atoms with van der Waals surface area (Å²) >= 11 is 0.701. The van der Waals surface area contributed by atoms with Gasteiger partial charge in [0.05, 0.1) is 16.0 Å². The first-order valence-electron chi connectivity index (χ1n) is 8.68. The van der Waals surface area contributed by atoms with E-state index in [0.29, 0.717) is 29.5 Å². The van der Waals surface area contributed by atoms with Crippen LogP contribution in [0.4, 0.5) is 36.8 Å². The number of hydrogen-bond acceptors (Lipinski definition) is 4. The molecule has 3 amide bonds. The van der Waals surface area contributed by atoms with E-state index in [-0.39, 0.29) is 16.7 Å². The van der Waals surface area contributed by atoms with E-state index in [4.69, 9.17) is 0 Å². The van der Waals surface area contributed by atoms with Crippen LogP contribution >= 0.6 is 11.8 Å². The molecule has 12 heteroatoms. The molecule has 1 heterocycles. The normalized spacial score (nSPS) is 15.8.